The Bertz CT molecular complexity index is 3190. The van der Waals surface area contributed by atoms with Crippen LogP contribution in [0.5, 0.6) is 0 Å². The molecule has 0 aliphatic carbocycles. The molecule has 2 saturated heterocycles. The quantitative estimate of drug-likeness (QED) is 0.0352. The third kappa shape index (κ3) is 14.4. The molecule has 10 rings (SSSR count). The molecule has 0 spiro atoms. The number of carbonyl (C=O) groups is 6. The minimum atomic E-state index is -1.94. The van der Waals surface area contributed by atoms with Crippen LogP contribution < -0.4 is 0 Å². The summed E-state index contributed by atoms with van der Waals surface area (Å²) in [6, 6.07) is 72.4. The smallest absolute Gasteiger partial charge is 0.338 e. The molecule has 0 amide bonds. The third-order valence-electron chi connectivity index (χ3n) is 15.2. The lowest BCUT2D eigenvalue weighted by Crippen LogP contribution is -2.67. The molecule has 0 radical (unpaired) electrons. The molecule has 0 aromatic heterocycles. The van der Waals surface area contributed by atoms with E-state index < -0.39 is 122 Å². The molecule has 8 aromatic carbocycles. The predicted octanol–water partition coefficient (Wildman–Crippen LogP) is 10.6. The molecule has 8 aromatic rings. The van der Waals surface area contributed by atoms with Crippen LogP contribution >= 0.6 is 0 Å². The van der Waals surface area contributed by atoms with Gasteiger partial charge in [-0.2, -0.15) is 0 Å². The van der Waals surface area contributed by atoms with E-state index in [9.17, 15) is 28.8 Å². The van der Waals surface area contributed by atoms with Crippen LogP contribution in [0.2, 0.25) is 0 Å². The first-order valence-electron chi connectivity index (χ1n) is 29.0. The van der Waals surface area contributed by atoms with Crippen LogP contribution in [0, 0.1) is 0 Å². The fourth-order valence-corrected chi connectivity index (χ4v) is 11.4. The third-order valence-corrected chi connectivity index (χ3v) is 15.2. The van der Waals surface area contributed by atoms with E-state index in [2.05, 4.69) is 0 Å². The summed E-state index contributed by atoms with van der Waals surface area (Å²) in [5.74, 6) is -5.35. The van der Waals surface area contributed by atoms with Gasteiger partial charge in [-0.1, -0.05) is 218 Å². The number of carbonyl (C=O) groups excluding carboxylic acids is 6. The molecular formula is C72H66O17. The Morgan fingerprint density at radius 1 is 0.303 bits per heavy atom. The number of hydrogen-bond acceptors (Lipinski definition) is 17. The maximum atomic E-state index is 14.5. The van der Waals surface area contributed by atoms with Crippen LogP contribution in [0.4, 0.5) is 0 Å². The summed E-state index contributed by atoms with van der Waals surface area (Å²) in [6.45, 7) is 3.57. The molecule has 0 unspecified atom stereocenters. The van der Waals surface area contributed by atoms with Crippen LogP contribution in [0.1, 0.15) is 81.8 Å². The largest absolute Gasteiger partial charge is 0.456 e. The summed E-state index contributed by atoms with van der Waals surface area (Å²) >= 11 is 0. The van der Waals surface area contributed by atoms with Crippen molar-refractivity contribution in [1.82, 2.24) is 0 Å². The van der Waals surface area contributed by atoms with Crippen LogP contribution in [0.3, 0.4) is 0 Å². The minimum absolute atomic E-state index is 0.0780. The van der Waals surface area contributed by atoms with Crippen molar-refractivity contribution in [3.8, 4) is 0 Å². The first kappa shape index (κ1) is 62.4. The van der Waals surface area contributed by atoms with E-state index in [1.165, 1.54) is 24.3 Å². The summed E-state index contributed by atoms with van der Waals surface area (Å²) < 4.78 is 72.6. The lowest BCUT2D eigenvalue weighted by molar-refractivity contribution is -0.378. The van der Waals surface area contributed by atoms with Gasteiger partial charge in [0.2, 0.25) is 12.6 Å². The summed E-state index contributed by atoms with van der Waals surface area (Å²) in [5.41, 5.74) is 1.48. The van der Waals surface area contributed by atoms with E-state index in [1.54, 1.807) is 36.4 Å². The van der Waals surface area contributed by atoms with Crippen molar-refractivity contribution in [3.05, 3.63) is 287 Å². The fraction of sp³-hybridized carbons (Fsp3) is 0.250. The van der Waals surface area contributed by atoms with Crippen molar-refractivity contribution < 1.29 is 80.9 Å². The zero-order valence-electron chi connectivity index (χ0n) is 49.2. The Balaban J connectivity index is 1.13. The van der Waals surface area contributed by atoms with E-state index in [4.69, 9.17) is 52.1 Å². The number of ether oxygens (including phenoxy) is 11. The summed E-state index contributed by atoms with van der Waals surface area (Å²) in [6.07, 6.45) is -17.3. The van der Waals surface area contributed by atoms with Crippen LogP contribution in [0.15, 0.2) is 243 Å². The molecular weight excluding hydrogens is 1140 g/mol. The highest BCUT2D eigenvalue weighted by Crippen LogP contribution is 2.45. The van der Waals surface area contributed by atoms with Crippen molar-refractivity contribution in [2.75, 3.05) is 13.2 Å². The lowest BCUT2D eigenvalue weighted by atomic mass is 9.80. The van der Waals surface area contributed by atoms with Gasteiger partial charge in [0.05, 0.1) is 24.3 Å². The minimum Gasteiger partial charge on any atom is -0.456 e. The normalized spacial score (nSPS) is 21.7. The van der Waals surface area contributed by atoms with Gasteiger partial charge in [-0.15, -0.1) is 0 Å². The summed E-state index contributed by atoms with van der Waals surface area (Å²) in [5, 5.41) is 0. The molecule has 2 aliphatic heterocycles. The van der Waals surface area contributed by atoms with E-state index in [-0.39, 0.29) is 11.1 Å². The standard InChI is InChI=1S/C72H66O17/c1-47(73)81-61-59(45-79-71(53-33-17-7-18-34-53,54-35-19-8-20-36-54)55-37-21-9-22-38-55)85-69(65(83-49(3)75)63(61)87-67(77)51-29-13-5-14-30-51)89-70-66(84-50(4)76)64(88-68(78)52-31-15-6-16-32-52)62(82-48(2)74)60(86-70)46-80-72(56-39-23-10-24-40-56,57-41-25-11-26-42-57)58-43-27-12-28-44-58/h5-44,59-66,69-70H,45-46H2,1-4H3/t59-,60-,61+,62+,63+,64+,65-,66-,69-,70-/m1/s1. The molecule has 17 nitrogen and oxygen atoms in total. The maximum Gasteiger partial charge on any atom is 0.338 e. The molecule has 2 aliphatic rings. The van der Waals surface area contributed by atoms with Gasteiger partial charge in [-0.3, -0.25) is 19.2 Å². The number of rotatable bonds is 22. The van der Waals surface area contributed by atoms with Crippen molar-refractivity contribution in [2.24, 2.45) is 0 Å². The van der Waals surface area contributed by atoms with Crippen molar-refractivity contribution in [2.45, 2.75) is 100 Å². The van der Waals surface area contributed by atoms with E-state index in [0.717, 1.165) is 27.7 Å². The SMILES string of the molecule is CC(=O)O[C@@H]1[C@H](OC(=O)c2ccccc2)[C@@H](OC(C)=O)[C@@H](O[C@H]2O[C@H](COC(c3ccccc3)(c3ccccc3)c3ccccc3)[C@H](OC(C)=O)[C@H](OC(=O)c3ccccc3)[C@H]2OC(C)=O)O[C@@H]1COC(c1ccccc1)(c1ccccc1)c1ccccc1. The van der Waals surface area contributed by atoms with E-state index in [0.29, 0.717) is 33.4 Å². The second kappa shape index (κ2) is 28.9. The van der Waals surface area contributed by atoms with Gasteiger partial charge in [-0.25, -0.2) is 9.59 Å². The van der Waals surface area contributed by atoms with Crippen LogP contribution in [-0.2, 0) is 82.5 Å². The predicted molar refractivity (Wildman–Crippen MR) is 322 cm³/mol. The molecule has 2 heterocycles. The number of benzene rings is 8. The fourth-order valence-electron chi connectivity index (χ4n) is 11.4. The van der Waals surface area contributed by atoms with E-state index in [1.807, 2.05) is 182 Å². The Morgan fingerprint density at radius 3 is 0.764 bits per heavy atom. The van der Waals surface area contributed by atoms with Gasteiger partial charge >= 0.3 is 35.8 Å². The first-order valence-corrected chi connectivity index (χ1v) is 29.0. The van der Waals surface area contributed by atoms with Gasteiger partial charge in [0.15, 0.2) is 36.6 Å². The van der Waals surface area contributed by atoms with E-state index >= 15 is 0 Å². The molecule has 0 bridgehead atoms. The average Bonchev–Trinajstić information content (AvgIpc) is 1.96. The van der Waals surface area contributed by atoms with Crippen LogP contribution in [-0.4, -0.2) is 110 Å². The molecule has 10 atom stereocenters. The summed E-state index contributed by atoms with van der Waals surface area (Å²) in [4.78, 5) is 83.3. The van der Waals surface area contributed by atoms with Gasteiger partial charge in [0.25, 0.3) is 0 Å². The highest BCUT2D eigenvalue weighted by atomic mass is 16.8. The zero-order chi connectivity index (χ0) is 62.3. The molecule has 0 saturated carbocycles. The highest BCUT2D eigenvalue weighted by molar-refractivity contribution is 5.90. The average molecular weight is 1200 g/mol. The Labute approximate surface area is 515 Å². The summed E-state index contributed by atoms with van der Waals surface area (Å²) in [7, 11) is 0. The Kier molecular flexibility index (Phi) is 20.3. The zero-order valence-corrected chi connectivity index (χ0v) is 49.2. The Morgan fingerprint density at radius 2 is 0.528 bits per heavy atom. The van der Waals surface area contributed by atoms with Crippen molar-refractivity contribution in [1.29, 1.82) is 0 Å². The Hall–Kier alpha value is -9.62. The second-order valence-electron chi connectivity index (χ2n) is 21.2. The van der Waals surface area contributed by atoms with Crippen molar-refractivity contribution >= 4 is 35.8 Å². The first-order chi connectivity index (χ1) is 43.2. The van der Waals surface area contributed by atoms with Gasteiger partial charge in [-0.05, 0) is 57.6 Å². The highest BCUT2D eigenvalue weighted by Gasteiger charge is 2.59. The molecule has 0 N–H and O–H groups in total. The van der Waals surface area contributed by atoms with Gasteiger partial charge in [0.1, 0.15) is 23.4 Å². The van der Waals surface area contributed by atoms with Crippen molar-refractivity contribution in [3.63, 3.8) is 0 Å². The van der Waals surface area contributed by atoms with Gasteiger partial charge < -0.3 is 52.1 Å². The molecule has 89 heavy (non-hydrogen) atoms. The van der Waals surface area contributed by atoms with Gasteiger partial charge in [0, 0.05) is 27.7 Å². The molecule has 456 valence electrons. The lowest BCUT2D eigenvalue weighted by Gasteiger charge is -2.49. The molecule has 17 heteroatoms. The second-order valence-corrected chi connectivity index (χ2v) is 21.2. The maximum absolute atomic E-state index is 14.5. The molecule has 2 fully saturated rings. The monoisotopic (exact) mass is 1200 g/mol. The van der Waals surface area contributed by atoms with Crippen LogP contribution in [0.25, 0.3) is 0 Å². The number of hydrogen-bond donors (Lipinski definition) is 0. The topological polar surface area (TPSA) is 204 Å². The number of esters is 6.